The van der Waals surface area contributed by atoms with Gasteiger partial charge in [-0.05, 0) is 37.6 Å². The largest absolute Gasteiger partial charge is 0.308 e. The number of rotatable bonds is 5. The van der Waals surface area contributed by atoms with E-state index < -0.39 is 0 Å². The summed E-state index contributed by atoms with van der Waals surface area (Å²) in [5.74, 6) is 1.70. The van der Waals surface area contributed by atoms with Crippen molar-refractivity contribution < 1.29 is 0 Å². The van der Waals surface area contributed by atoms with Gasteiger partial charge in [0.15, 0.2) is 0 Å². The van der Waals surface area contributed by atoms with Gasteiger partial charge in [-0.25, -0.2) is 4.98 Å². The molecular formula is C15H25N3S. The Kier molecular flexibility index (Phi) is 4.20. The highest BCUT2D eigenvalue weighted by Gasteiger charge is 2.23. The van der Waals surface area contributed by atoms with Gasteiger partial charge in [-0.2, -0.15) is 0 Å². The Morgan fingerprint density at radius 1 is 1.32 bits per heavy atom. The second kappa shape index (κ2) is 5.90. The highest BCUT2D eigenvalue weighted by Crippen LogP contribution is 2.24. The average molecular weight is 279 g/mol. The first kappa shape index (κ1) is 13.5. The molecule has 1 N–H and O–H groups in total. The summed E-state index contributed by atoms with van der Waals surface area (Å²) >= 11 is 1.81. The molecule has 0 radical (unpaired) electrons. The van der Waals surface area contributed by atoms with Crippen molar-refractivity contribution in [3.05, 3.63) is 16.1 Å². The second-order valence-corrected chi connectivity index (χ2v) is 7.31. The predicted octanol–water partition coefficient (Wildman–Crippen LogP) is 2.87. The fraction of sp³-hybridized carbons (Fsp3) is 0.800. The highest BCUT2D eigenvalue weighted by molar-refractivity contribution is 7.09. The lowest BCUT2D eigenvalue weighted by Gasteiger charge is -2.34. The molecule has 1 saturated carbocycles. The highest BCUT2D eigenvalue weighted by atomic mass is 32.1. The van der Waals surface area contributed by atoms with E-state index >= 15 is 0 Å². The summed E-state index contributed by atoms with van der Waals surface area (Å²) in [6.45, 7) is 9.22. The van der Waals surface area contributed by atoms with Gasteiger partial charge in [0.05, 0.1) is 5.69 Å². The van der Waals surface area contributed by atoms with E-state index in [1.165, 1.54) is 43.1 Å². The van der Waals surface area contributed by atoms with Crippen molar-refractivity contribution in [2.45, 2.75) is 52.2 Å². The van der Waals surface area contributed by atoms with E-state index in [2.05, 4.69) is 29.4 Å². The van der Waals surface area contributed by atoms with E-state index in [0.29, 0.717) is 0 Å². The molecule has 1 aromatic rings. The first-order valence-electron chi connectivity index (χ1n) is 7.59. The standard InChI is InChI=1S/C15H25N3S/c1-11-5-6-18(8-12(11)2)9-14-10-19-15(17-14)7-16-13-3-4-13/h10-13,16H,3-9H2,1-2H3. The van der Waals surface area contributed by atoms with Crippen molar-refractivity contribution in [1.29, 1.82) is 0 Å². The Morgan fingerprint density at radius 2 is 2.16 bits per heavy atom. The fourth-order valence-electron chi connectivity index (χ4n) is 2.74. The van der Waals surface area contributed by atoms with Crippen molar-refractivity contribution in [1.82, 2.24) is 15.2 Å². The van der Waals surface area contributed by atoms with Crippen LogP contribution >= 0.6 is 11.3 Å². The van der Waals surface area contributed by atoms with Crippen molar-refractivity contribution in [3.8, 4) is 0 Å². The van der Waals surface area contributed by atoms with Crippen LogP contribution in [0.2, 0.25) is 0 Å². The van der Waals surface area contributed by atoms with Crippen molar-refractivity contribution in [2.75, 3.05) is 13.1 Å². The summed E-state index contributed by atoms with van der Waals surface area (Å²) in [4.78, 5) is 7.33. The minimum Gasteiger partial charge on any atom is -0.308 e. The van der Waals surface area contributed by atoms with Gasteiger partial charge in [0.25, 0.3) is 0 Å². The van der Waals surface area contributed by atoms with Crippen LogP contribution in [0.1, 0.15) is 43.8 Å². The zero-order valence-electron chi connectivity index (χ0n) is 12.1. The van der Waals surface area contributed by atoms with E-state index in [4.69, 9.17) is 4.98 Å². The summed E-state index contributed by atoms with van der Waals surface area (Å²) in [6, 6.07) is 0.775. The minimum absolute atomic E-state index is 0.775. The maximum atomic E-state index is 4.76. The summed E-state index contributed by atoms with van der Waals surface area (Å²) in [6.07, 6.45) is 4.03. The third kappa shape index (κ3) is 3.77. The van der Waals surface area contributed by atoms with Crippen LogP contribution in [-0.4, -0.2) is 29.0 Å². The molecule has 2 fully saturated rings. The van der Waals surface area contributed by atoms with Gasteiger partial charge >= 0.3 is 0 Å². The predicted molar refractivity (Wildman–Crippen MR) is 80.2 cm³/mol. The van der Waals surface area contributed by atoms with Crippen molar-refractivity contribution in [2.24, 2.45) is 11.8 Å². The summed E-state index contributed by atoms with van der Waals surface area (Å²) in [5.41, 5.74) is 1.26. The lowest BCUT2D eigenvalue weighted by molar-refractivity contribution is 0.131. The van der Waals surface area contributed by atoms with Crippen LogP contribution in [0.15, 0.2) is 5.38 Å². The van der Waals surface area contributed by atoms with Gasteiger partial charge in [0.2, 0.25) is 0 Å². The Hall–Kier alpha value is -0.450. The number of hydrogen-bond donors (Lipinski definition) is 1. The molecule has 0 spiro atoms. The minimum atomic E-state index is 0.775. The summed E-state index contributed by atoms with van der Waals surface area (Å²) in [7, 11) is 0. The van der Waals surface area contributed by atoms with Gasteiger partial charge in [-0.1, -0.05) is 13.8 Å². The number of thiazole rings is 1. The zero-order valence-corrected chi connectivity index (χ0v) is 12.9. The quantitative estimate of drug-likeness (QED) is 0.898. The third-order valence-corrected chi connectivity index (χ3v) is 5.42. The number of likely N-dealkylation sites (tertiary alicyclic amines) is 1. The molecule has 3 nitrogen and oxygen atoms in total. The number of piperidine rings is 1. The molecule has 2 aliphatic rings. The molecular weight excluding hydrogens is 254 g/mol. The fourth-order valence-corrected chi connectivity index (χ4v) is 3.48. The van der Waals surface area contributed by atoms with Gasteiger partial charge in [-0.15, -0.1) is 11.3 Å². The molecule has 4 heteroatoms. The Bertz CT molecular complexity index is 413. The van der Waals surface area contributed by atoms with Crippen LogP contribution in [0.25, 0.3) is 0 Å². The molecule has 0 aromatic carbocycles. The summed E-state index contributed by atoms with van der Waals surface area (Å²) < 4.78 is 0. The van der Waals surface area contributed by atoms with E-state index in [0.717, 1.165) is 31.0 Å². The molecule has 19 heavy (non-hydrogen) atoms. The number of nitrogens with one attached hydrogen (secondary N) is 1. The molecule has 2 atom stereocenters. The van der Waals surface area contributed by atoms with Crippen LogP contribution in [0, 0.1) is 11.8 Å². The number of nitrogens with zero attached hydrogens (tertiary/aromatic N) is 2. The molecule has 0 bridgehead atoms. The molecule has 1 aromatic heterocycles. The van der Waals surface area contributed by atoms with Crippen LogP contribution in [0.4, 0.5) is 0 Å². The lowest BCUT2D eigenvalue weighted by Crippen LogP contribution is -2.37. The van der Waals surface area contributed by atoms with Crippen molar-refractivity contribution >= 4 is 11.3 Å². The first-order valence-corrected chi connectivity index (χ1v) is 8.47. The van der Waals surface area contributed by atoms with Gasteiger partial charge in [-0.3, -0.25) is 4.90 Å². The lowest BCUT2D eigenvalue weighted by atomic mass is 9.89. The first-order chi connectivity index (χ1) is 9.20. The molecule has 2 unspecified atom stereocenters. The van der Waals surface area contributed by atoms with Gasteiger partial charge < -0.3 is 5.32 Å². The molecule has 1 aliphatic carbocycles. The summed E-state index contributed by atoms with van der Waals surface area (Å²) in [5, 5.41) is 7.03. The topological polar surface area (TPSA) is 28.2 Å². The van der Waals surface area contributed by atoms with E-state index in [9.17, 15) is 0 Å². The maximum Gasteiger partial charge on any atom is 0.107 e. The van der Waals surface area contributed by atoms with Crippen LogP contribution in [-0.2, 0) is 13.1 Å². The Balaban J connectivity index is 1.48. The monoisotopic (exact) mass is 279 g/mol. The van der Waals surface area contributed by atoms with E-state index in [1.807, 2.05) is 11.3 Å². The molecule has 106 valence electrons. The SMILES string of the molecule is CC1CCN(Cc2csc(CNC3CC3)n2)CC1C. The third-order valence-electron chi connectivity index (χ3n) is 4.52. The molecule has 1 saturated heterocycles. The molecule has 2 heterocycles. The Morgan fingerprint density at radius 3 is 2.89 bits per heavy atom. The normalized spacial score (nSPS) is 28.7. The number of hydrogen-bond acceptors (Lipinski definition) is 4. The Labute approximate surface area is 120 Å². The van der Waals surface area contributed by atoms with Crippen LogP contribution < -0.4 is 5.32 Å². The van der Waals surface area contributed by atoms with Crippen LogP contribution in [0.3, 0.4) is 0 Å². The van der Waals surface area contributed by atoms with Gasteiger partial charge in [0, 0.05) is 31.1 Å². The smallest absolute Gasteiger partial charge is 0.107 e. The molecule has 0 amide bonds. The van der Waals surface area contributed by atoms with E-state index in [1.54, 1.807) is 0 Å². The van der Waals surface area contributed by atoms with E-state index in [-0.39, 0.29) is 0 Å². The molecule has 1 aliphatic heterocycles. The second-order valence-electron chi connectivity index (χ2n) is 6.37. The molecule has 3 rings (SSSR count). The average Bonchev–Trinajstić information content (AvgIpc) is 3.12. The van der Waals surface area contributed by atoms with Gasteiger partial charge in [0.1, 0.15) is 5.01 Å². The van der Waals surface area contributed by atoms with Crippen LogP contribution in [0.5, 0.6) is 0 Å². The zero-order chi connectivity index (χ0) is 13.2. The maximum absolute atomic E-state index is 4.76. The number of aromatic nitrogens is 1. The van der Waals surface area contributed by atoms with Crippen molar-refractivity contribution in [3.63, 3.8) is 0 Å².